The highest BCUT2D eigenvalue weighted by Crippen LogP contribution is 2.22. The van der Waals surface area contributed by atoms with Crippen molar-refractivity contribution < 1.29 is 14.3 Å². The molecule has 0 aliphatic rings. The van der Waals surface area contributed by atoms with E-state index in [-0.39, 0.29) is 6.54 Å². The van der Waals surface area contributed by atoms with Gasteiger partial charge in [-0.05, 0) is 47.5 Å². The lowest BCUT2D eigenvalue weighted by atomic mass is 10.2. The smallest absolute Gasteiger partial charge is 0.325 e. The number of halogens is 1. The normalized spacial score (nSPS) is 9.72. The minimum absolute atomic E-state index is 0.150. The maximum Gasteiger partial charge on any atom is 0.325 e. The molecule has 0 heterocycles. The van der Waals surface area contributed by atoms with Gasteiger partial charge in [-0.3, -0.25) is 4.79 Å². The van der Waals surface area contributed by atoms with E-state index >= 15 is 0 Å². The average molecular weight is 315 g/mol. The Balaban J connectivity index is 2.47. The standard InChI is InChI=1S/C12H15BrN2O3/c1-3-18-11(16)7-14-12(17)15-10-5-4-8(2)6-9(10)13/h4-6H,3,7H2,1-2H3,(H2,14,15,17). The molecule has 0 radical (unpaired) electrons. The zero-order valence-corrected chi connectivity index (χ0v) is 11.8. The maximum absolute atomic E-state index is 11.5. The average Bonchev–Trinajstić information content (AvgIpc) is 2.31. The van der Waals surface area contributed by atoms with Crippen LogP contribution in [0.1, 0.15) is 12.5 Å². The molecule has 1 rings (SSSR count). The van der Waals surface area contributed by atoms with Crippen molar-refractivity contribution in [2.24, 2.45) is 0 Å². The molecule has 0 spiro atoms. The Morgan fingerprint density at radius 3 is 2.72 bits per heavy atom. The summed E-state index contributed by atoms with van der Waals surface area (Å²) in [6.45, 7) is 3.81. The zero-order valence-electron chi connectivity index (χ0n) is 10.2. The number of ether oxygens (including phenoxy) is 1. The molecule has 5 nitrogen and oxygen atoms in total. The second kappa shape index (κ2) is 7.00. The SMILES string of the molecule is CCOC(=O)CNC(=O)Nc1ccc(C)cc1Br. The number of hydrogen-bond acceptors (Lipinski definition) is 3. The molecular formula is C12H15BrN2O3. The van der Waals surface area contributed by atoms with E-state index in [0.717, 1.165) is 10.0 Å². The molecule has 1 aromatic rings. The summed E-state index contributed by atoms with van der Waals surface area (Å²) in [4.78, 5) is 22.5. The Morgan fingerprint density at radius 1 is 1.39 bits per heavy atom. The van der Waals surface area contributed by atoms with Crippen LogP contribution in [0.25, 0.3) is 0 Å². The third-order valence-corrected chi connectivity index (χ3v) is 2.73. The van der Waals surface area contributed by atoms with E-state index in [0.29, 0.717) is 12.3 Å². The topological polar surface area (TPSA) is 67.4 Å². The number of hydrogen-bond donors (Lipinski definition) is 2. The molecule has 0 bridgehead atoms. The summed E-state index contributed by atoms with van der Waals surface area (Å²) in [6.07, 6.45) is 0. The molecule has 0 aliphatic carbocycles. The van der Waals surface area contributed by atoms with Crippen LogP contribution in [-0.4, -0.2) is 25.2 Å². The Kier molecular flexibility index (Phi) is 5.64. The van der Waals surface area contributed by atoms with Gasteiger partial charge in [-0.15, -0.1) is 0 Å². The van der Waals surface area contributed by atoms with Gasteiger partial charge in [0, 0.05) is 4.47 Å². The first kappa shape index (κ1) is 14.5. The quantitative estimate of drug-likeness (QED) is 0.839. The van der Waals surface area contributed by atoms with Crippen molar-refractivity contribution >= 4 is 33.6 Å². The third-order valence-electron chi connectivity index (χ3n) is 2.07. The fourth-order valence-corrected chi connectivity index (χ4v) is 1.84. The molecule has 6 heteroatoms. The molecule has 2 amide bonds. The van der Waals surface area contributed by atoms with Crippen LogP contribution >= 0.6 is 15.9 Å². The predicted octanol–water partition coefficient (Wildman–Crippen LogP) is 2.44. The molecule has 0 aromatic heterocycles. The van der Waals surface area contributed by atoms with Gasteiger partial charge < -0.3 is 15.4 Å². The highest BCUT2D eigenvalue weighted by molar-refractivity contribution is 9.10. The van der Waals surface area contributed by atoms with Crippen LogP contribution in [0.4, 0.5) is 10.5 Å². The van der Waals surface area contributed by atoms with Gasteiger partial charge in [0.2, 0.25) is 0 Å². The zero-order chi connectivity index (χ0) is 13.5. The Labute approximate surface area is 114 Å². The van der Waals surface area contributed by atoms with Crippen LogP contribution in [0.3, 0.4) is 0 Å². The maximum atomic E-state index is 11.5. The second-order valence-corrected chi connectivity index (χ2v) is 4.45. The fraction of sp³-hybridized carbons (Fsp3) is 0.333. The van der Waals surface area contributed by atoms with E-state index in [1.165, 1.54) is 0 Å². The summed E-state index contributed by atoms with van der Waals surface area (Å²) in [6, 6.07) is 5.10. The van der Waals surface area contributed by atoms with E-state index in [2.05, 4.69) is 26.6 Å². The molecule has 18 heavy (non-hydrogen) atoms. The number of esters is 1. The molecular weight excluding hydrogens is 300 g/mol. The van der Waals surface area contributed by atoms with Crippen molar-refractivity contribution in [2.75, 3.05) is 18.5 Å². The number of anilines is 1. The first-order chi connectivity index (χ1) is 8.52. The molecule has 1 aromatic carbocycles. The Hall–Kier alpha value is -1.56. The van der Waals surface area contributed by atoms with Gasteiger partial charge in [0.1, 0.15) is 6.54 Å². The predicted molar refractivity (Wildman–Crippen MR) is 72.5 cm³/mol. The summed E-state index contributed by atoms with van der Waals surface area (Å²) in [5.74, 6) is -0.462. The summed E-state index contributed by atoms with van der Waals surface area (Å²) < 4.78 is 5.48. The minimum Gasteiger partial charge on any atom is -0.465 e. The Bertz CT molecular complexity index is 449. The number of urea groups is 1. The first-order valence-electron chi connectivity index (χ1n) is 5.49. The number of rotatable bonds is 4. The number of carbonyl (C=O) groups is 2. The van der Waals surface area contributed by atoms with E-state index in [9.17, 15) is 9.59 Å². The summed E-state index contributed by atoms with van der Waals surface area (Å²) in [5.41, 5.74) is 1.72. The molecule has 0 saturated heterocycles. The van der Waals surface area contributed by atoms with Gasteiger partial charge in [0.05, 0.1) is 12.3 Å². The van der Waals surface area contributed by atoms with Gasteiger partial charge in [0.25, 0.3) is 0 Å². The Morgan fingerprint density at radius 2 is 2.11 bits per heavy atom. The molecule has 2 N–H and O–H groups in total. The number of amides is 2. The number of benzene rings is 1. The molecule has 98 valence electrons. The summed E-state index contributed by atoms with van der Waals surface area (Å²) in [5, 5.41) is 5.04. The number of aryl methyl sites for hydroxylation is 1. The molecule has 0 unspecified atom stereocenters. The van der Waals surface area contributed by atoms with E-state index in [1.807, 2.05) is 19.1 Å². The molecule has 0 fully saturated rings. The minimum atomic E-state index is -0.462. The highest BCUT2D eigenvalue weighted by atomic mass is 79.9. The fourth-order valence-electron chi connectivity index (χ4n) is 1.25. The van der Waals surface area contributed by atoms with Gasteiger partial charge in [-0.2, -0.15) is 0 Å². The number of carbonyl (C=O) groups excluding carboxylic acids is 2. The van der Waals surface area contributed by atoms with Crippen LogP contribution in [0.5, 0.6) is 0 Å². The second-order valence-electron chi connectivity index (χ2n) is 3.60. The van der Waals surface area contributed by atoms with Crippen LogP contribution in [0, 0.1) is 6.92 Å². The van der Waals surface area contributed by atoms with E-state index < -0.39 is 12.0 Å². The lowest BCUT2D eigenvalue weighted by Gasteiger charge is -2.09. The van der Waals surface area contributed by atoms with Gasteiger partial charge in [0.15, 0.2) is 0 Å². The third kappa shape index (κ3) is 4.75. The van der Waals surface area contributed by atoms with Crippen molar-refractivity contribution in [3.63, 3.8) is 0 Å². The lowest BCUT2D eigenvalue weighted by Crippen LogP contribution is -2.34. The van der Waals surface area contributed by atoms with Crippen molar-refractivity contribution in [1.82, 2.24) is 5.32 Å². The highest BCUT2D eigenvalue weighted by Gasteiger charge is 2.07. The molecule has 0 aliphatic heterocycles. The monoisotopic (exact) mass is 314 g/mol. The lowest BCUT2D eigenvalue weighted by molar-refractivity contribution is -0.141. The van der Waals surface area contributed by atoms with E-state index in [4.69, 9.17) is 4.74 Å². The largest absolute Gasteiger partial charge is 0.465 e. The first-order valence-corrected chi connectivity index (χ1v) is 6.29. The molecule has 0 atom stereocenters. The van der Waals surface area contributed by atoms with Crippen LogP contribution in [-0.2, 0) is 9.53 Å². The van der Waals surface area contributed by atoms with Crippen molar-refractivity contribution in [1.29, 1.82) is 0 Å². The van der Waals surface area contributed by atoms with Crippen LogP contribution < -0.4 is 10.6 Å². The van der Waals surface area contributed by atoms with Crippen LogP contribution in [0.2, 0.25) is 0 Å². The number of nitrogens with one attached hydrogen (secondary N) is 2. The van der Waals surface area contributed by atoms with Crippen molar-refractivity contribution in [3.05, 3.63) is 28.2 Å². The van der Waals surface area contributed by atoms with E-state index in [1.54, 1.807) is 13.0 Å². The van der Waals surface area contributed by atoms with Gasteiger partial charge >= 0.3 is 12.0 Å². The van der Waals surface area contributed by atoms with Gasteiger partial charge in [-0.25, -0.2) is 4.79 Å². The van der Waals surface area contributed by atoms with Crippen molar-refractivity contribution in [3.8, 4) is 0 Å². The summed E-state index contributed by atoms with van der Waals surface area (Å²) in [7, 11) is 0. The van der Waals surface area contributed by atoms with Crippen LogP contribution in [0.15, 0.2) is 22.7 Å². The summed E-state index contributed by atoms with van der Waals surface area (Å²) >= 11 is 3.35. The molecule has 0 saturated carbocycles. The van der Waals surface area contributed by atoms with Crippen molar-refractivity contribution in [2.45, 2.75) is 13.8 Å². The van der Waals surface area contributed by atoms with Gasteiger partial charge in [-0.1, -0.05) is 6.07 Å².